The van der Waals surface area contributed by atoms with E-state index in [1.54, 1.807) is 6.07 Å². The maximum atomic E-state index is 13.0. The number of primary sulfonamides is 1. The molecule has 1 aliphatic rings. The van der Waals surface area contributed by atoms with E-state index in [0.717, 1.165) is 0 Å². The smallest absolute Gasteiger partial charge is 0.240 e. The van der Waals surface area contributed by atoms with Gasteiger partial charge < -0.3 is 11.1 Å². The van der Waals surface area contributed by atoms with Crippen LogP contribution in [0.15, 0.2) is 40.3 Å². The van der Waals surface area contributed by atoms with Crippen molar-refractivity contribution in [2.75, 3.05) is 18.8 Å². The Balaban J connectivity index is 2.09. The van der Waals surface area contributed by atoms with Gasteiger partial charge in [-0.3, -0.25) is 0 Å². The third kappa shape index (κ3) is 3.35. The Morgan fingerprint density at radius 2 is 1.83 bits per heavy atom. The van der Waals surface area contributed by atoms with Gasteiger partial charge in [0.25, 0.3) is 0 Å². The van der Waals surface area contributed by atoms with Crippen LogP contribution in [-0.2, 0) is 19.9 Å². The summed E-state index contributed by atoms with van der Waals surface area (Å²) in [6.45, 7) is 0.432. The molecule has 29 heavy (non-hydrogen) atoms. The van der Waals surface area contributed by atoms with Crippen molar-refractivity contribution >= 4 is 25.7 Å². The van der Waals surface area contributed by atoms with Gasteiger partial charge in [0.15, 0.2) is 9.84 Å². The van der Waals surface area contributed by atoms with Gasteiger partial charge in [-0.25, -0.2) is 27.0 Å². The number of nitrogens with zero attached hydrogens (tertiary/aromatic N) is 4. The number of anilines is 1. The fourth-order valence-corrected chi connectivity index (χ4v) is 6.21. The molecule has 6 N–H and O–H groups in total. The van der Waals surface area contributed by atoms with Gasteiger partial charge in [-0.15, -0.1) is 10.2 Å². The van der Waals surface area contributed by atoms with Crippen LogP contribution in [0.4, 0.5) is 5.82 Å². The summed E-state index contributed by atoms with van der Waals surface area (Å²) in [5, 5.41) is 21.0. The molecule has 12 nitrogen and oxygen atoms in total. The Bertz CT molecular complexity index is 1270. The minimum atomic E-state index is -4.50. The molecule has 1 saturated heterocycles. The molecular formula is C15H16N8O4S2. The number of nitrogen functional groups attached to an aromatic ring is 1. The summed E-state index contributed by atoms with van der Waals surface area (Å²) in [5.41, 5.74) is 6.32. The quantitative estimate of drug-likeness (QED) is 0.380. The summed E-state index contributed by atoms with van der Waals surface area (Å²) in [6, 6.07) is 5.82. The van der Waals surface area contributed by atoms with Crippen molar-refractivity contribution in [2.24, 2.45) is 5.14 Å². The zero-order valence-electron chi connectivity index (χ0n) is 14.8. The van der Waals surface area contributed by atoms with E-state index in [9.17, 15) is 16.8 Å². The highest BCUT2D eigenvalue weighted by molar-refractivity contribution is 7.94. The first-order valence-electron chi connectivity index (χ1n) is 8.29. The number of H-pyrrole nitrogens is 1. The molecule has 1 aromatic carbocycles. The number of hydrogen-bond acceptors (Lipinski definition) is 10. The molecule has 3 aromatic rings. The Hall–Kier alpha value is -2.94. The highest BCUT2D eigenvalue weighted by Crippen LogP contribution is 2.39. The number of aromatic nitrogens is 5. The fraction of sp³-hybridized carbons (Fsp3) is 0.200. The lowest BCUT2D eigenvalue weighted by molar-refractivity contribution is 0.493. The van der Waals surface area contributed by atoms with Gasteiger partial charge >= 0.3 is 0 Å². The van der Waals surface area contributed by atoms with Gasteiger partial charge in [-0.1, -0.05) is 6.07 Å². The summed E-state index contributed by atoms with van der Waals surface area (Å²) in [4.78, 5) is 3.01. The summed E-state index contributed by atoms with van der Waals surface area (Å²) in [6.07, 6.45) is 1.42. The van der Waals surface area contributed by atoms with Crippen molar-refractivity contribution in [1.82, 2.24) is 30.9 Å². The molecule has 14 heteroatoms. The number of aromatic amines is 1. The zero-order valence-corrected chi connectivity index (χ0v) is 16.4. The van der Waals surface area contributed by atoms with Crippen LogP contribution in [0, 0.1) is 0 Å². The predicted molar refractivity (Wildman–Crippen MR) is 102 cm³/mol. The lowest BCUT2D eigenvalue weighted by Gasteiger charge is -2.28. The lowest BCUT2D eigenvalue weighted by atomic mass is 10.0. The average molecular weight is 436 g/mol. The minimum absolute atomic E-state index is 0.0822. The van der Waals surface area contributed by atoms with Crippen molar-refractivity contribution in [1.29, 1.82) is 0 Å². The highest BCUT2D eigenvalue weighted by atomic mass is 32.2. The van der Waals surface area contributed by atoms with Crippen LogP contribution in [0.5, 0.6) is 0 Å². The Morgan fingerprint density at radius 1 is 1.07 bits per heavy atom. The molecule has 0 spiro atoms. The van der Waals surface area contributed by atoms with E-state index in [0.29, 0.717) is 11.1 Å². The van der Waals surface area contributed by atoms with Crippen LogP contribution in [0.25, 0.3) is 22.5 Å². The Labute approximate surface area is 165 Å². The number of nitrogens with one attached hydrogen (secondary N) is 2. The normalized spacial score (nSPS) is 15.2. The van der Waals surface area contributed by atoms with Crippen LogP contribution in [-0.4, -0.2) is 60.8 Å². The van der Waals surface area contributed by atoms with E-state index in [2.05, 4.69) is 30.9 Å². The highest BCUT2D eigenvalue weighted by Gasteiger charge is 2.38. The van der Waals surface area contributed by atoms with Gasteiger partial charge in [-0.2, -0.15) is 5.21 Å². The summed E-state index contributed by atoms with van der Waals surface area (Å²) in [5.74, 6) is 0.142. The molecular weight excluding hydrogens is 420 g/mol. The second-order valence-electron chi connectivity index (χ2n) is 6.39. The summed E-state index contributed by atoms with van der Waals surface area (Å²) >= 11 is 0. The number of nitrogens with two attached hydrogens (primary N) is 2. The molecule has 0 amide bonds. The van der Waals surface area contributed by atoms with Crippen LogP contribution in [0.1, 0.15) is 0 Å². The number of hydrogen-bond donors (Lipinski definition) is 4. The van der Waals surface area contributed by atoms with Gasteiger partial charge in [0.05, 0.1) is 15.7 Å². The van der Waals surface area contributed by atoms with E-state index in [4.69, 9.17) is 10.9 Å². The van der Waals surface area contributed by atoms with Gasteiger partial charge in [-0.05, 0) is 29.0 Å². The third-order valence-corrected chi connectivity index (χ3v) is 7.85. The van der Waals surface area contributed by atoms with Gasteiger partial charge in [0, 0.05) is 24.8 Å². The Morgan fingerprint density at radius 3 is 2.34 bits per heavy atom. The molecule has 1 fully saturated rings. The van der Waals surface area contributed by atoms with Crippen LogP contribution in [0.3, 0.4) is 0 Å². The van der Waals surface area contributed by atoms with E-state index in [1.165, 1.54) is 24.4 Å². The van der Waals surface area contributed by atoms with Crippen molar-refractivity contribution in [2.45, 2.75) is 15.0 Å². The van der Waals surface area contributed by atoms with E-state index >= 15 is 0 Å². The SMILES string of the molecule is Nc1ccc(-c2ccc(S(=O)(=O)C3CNC3)c(S(N)(=O)=O)c2-c2nn[nH]n2)cn1. The second-order valence-corrected chi connectivity index (χ2v) is 10.1. The predicted octanol–water partition coefficient (Wildman–Crippen LogP) is -1.10. The molecule has 0 radical (unpaired) electrons. The maximum Gasteiger partial charge on any atom is 0.240 e. The van der Waals surface area contributed by atoms with Crippen molar-refractivity contribution in [3.63, 3.8) is 0 Å². The molecule has 152 valence electrons. The third-order valence-electron chi connectivity index (χ3n) is 4.56. The molecule has 4 rings (SSSR count). The lowest BCUT2D eigenvalue weighted by Crippen LogP contribution is -2.51. The van der Waals surface area contributed by atoms with Crippen LogP contribution < -0.4 is 16.2 Å². The van der Waals surface area contributed by atoms with Crippen LogP contribution >= 0.6 is 0 Å². The molecule has 0 atom stereocenters. The van der Waals surface area contributed by atoms with Crippen molar-refractivity contribution in [3.05, 3.63) is 30.5 Å². The average Bonchev–Trinajstić information content (AvgIpc) is 3.13. The second kappa shape index (κ2) is 6.84. The molecule has 0 unspecified atom stereocenters. The maximum absolute atomic E-state index is 13.0. The molecule has 1 aliphatic heterocycles. The van der Waals surface area contributed by atoms with Crippen LogP contribution in [0.2, 0.25) is 0 Å². The van der Waals surface area contributed by atoms with E-state index < -0.39 is 34.9 Å². The Kier molecular flexibility index (Phi) is 4.57. The summed E-state index contributed by atoms with van der Waals surface area (Å²) in [7, 11) is -8.47. The van der Waals surface area contributed by atoms with Crippen molar-refractivity contribution in [3.8, 4) is 22.5 Å². The molecule has 0 bridgehead atoms. The molecule has 2 aromatic heterocycles. The number of tetrazole rings is 1. The number of pyridine rings is 1. The van der Waals surface area contributed by atoms with Gasteiger partial charge in [0.1, 0.15) is 10.7 Å². The number of benzene rings is 1. The zero-order chi connectivity index (χ0) is 20.8. The standard InChI is InChI=1S/C15H16N8O4S2/c16-12-4-1-8(5-19-12)10-2-3-11(28(24,25)9-6-18-7-9)14(29(17,26)27)13(10)15-20-22-23-21-15/h1-5,9,18H,6-7H2,(H2,16,19)(H2,17,26,27)(H,20,21,22,23). The topological polar surface area (TPSA) is 200 Å². The summed E-state index contributed by atoms with van der Waals surface area (Å²) < 4.78 is 51.2. The molecule has 0 saturated carbocycles. The first-order chi connectivity index (χ1) is 13.7. The first-order valence-corrected chi connectivity index (χ1v) is 11.4. The van der Waals surface area contributed by atoms with E-state index in [1.807, 2.05) is 0 Å². The fourth-order valence-electron chi connectivity index (χ4n) is 3.03. The monoisotopic (exact) mass is 436 g/mol. The minimum Gasteiger partial charge on any atom is -0.384 e. The molecule has 3 heterocycles. The number of rotatable bonds is 5. The largest absolute Gasteiger partial charge is 0.384 e. The number of sulfone groups is 1. The van der Waals surface area contributed by atoms with Gasteiger partial charge in [0.2, 0.25) is 15.8 Å². The molecule has 0 aliphatic carbocycles. The first kappa shape index (κ1) is 19.4. The number of sulfonamides is 1. The van der Waals surface area contributed by atoms with Crippen molar-refractivity contribution < 1.29 is 16.8 Å². The van der Waals surface area contributed by atoms with E-state index in [-0.39, 0.29) is 30.3 Å².